The molecule has 2 saturated carbocycles. The number of amides is 1. The molecule has 2 fully saturated rings. The van der Waals surface area contributed by atoms with Gasteiger partial charge in [0.15, 0.2) is 11.5 Å². The first kappa shape index (κ1) is 21.9. The van der Waals surface area contributed by atoms with E-state index in [1.807, 2.05) is 14.1 Å². The number of likely N-dealkylation sites (N-methyl/N-ethyl adjacent to an activating group) is 1. The van der Waals surface area contributed by atoms with Crippen LogP contribution in [0.3, 0.4) is 0 Å². The van der Waals surface area contributed by atoms with Crippen molar-refractivity contribution in [3.8, 4) is 0 Å². The molecule has 1 unspecified atom stereocenters. The molecule has 0 aromatic heterocycles. The molecule has 5 rings (SSSR count). The zero-order valence-electron chi connectivity index (χ0n) is 19.9. The van der Waals surface area contributed by atoms with E-state index in [4.69, 9.17) is 15.5 Å². The van der Waals surface area contributed by atoms with Crippen molar-refractivity contribution < 1.29 is 9.53 Å². The molecule has 4 aliphatic rings. The molecule has 0 saturated heterocycles. The van der Waals surface area contributed by atoms with E-state index < -0.39 is 5.54 Å². The van der Waals surface area contributed by atoms with E-state index in [0.717, 1.165) is 56.6 Å². The van der Waals surface area contributed by atoms with Crippen molar-refractivity contribution in [1.82, 2.24) is 9.80 Å². The zero-order chi connectivity index (χ0) is 22.5. The van der Waals surface area contributed by atoms with Crippen LogP contribution >= 0.6 is 0 Å². The predicted octanol–water partition coefficient (Wildman–Crippen LogP) is 3.07. The molecule has 1 aromatic carbocycles. The van der Waals surface area contributed by atoms with Crippen LogP contribution in [0.2, 0.25) is 0 Å². The fraction of sp³-hybridized carbons (Fsp3) is 0.692. The second-order valence-electron chi connectivity index (χ2n) is 10.8. The van der Waals surface area contributed by atoms with Crippen molar-refractivity contribution in [2.45, 2.75) is 69.4 Å². The Bertz CT molecular complexity index is 914. The van der Waals surface area contributed by atoms with Crippen LogP contribution in [0, 0.1) is 11.3 Å². The van der Waals surface area contributed by atoms with Gasteiger partial charge in [-0.25, -0.2) is 4.99 Å². The maximum atomic E-state index is 14.2. The Kier molecular flexibility index (Phi) is 5.57. The Morgan fingerprint density at radius 2 is 1.97 bits per heavy atom. The van der Waals surface area contributed by atoms with Gasteiger partial charge in [-0.2, -0.15) is 0 Å². The molecule has 2 spiro atoms. The number of methoxy groups -OCH3 is 1. The number of carbonyl (C=O) groups is 1. The van der Waals surface area contributed by atoms with Crippen LogP contribution < -0.4 is 5.73 Å². The van der Waals surface area contributed by atoms with Gasteiger partial charge < -0.3 is 15.4 Å². The molecule has 32 heavy (non-hydrogen) atoms. The van der Waals surface area contributed by atoms with E-state index in [9.17, 15) is 4.79 Å². The lowest BCUT2D eigenvalue weighted by atomic mass is 9.61. The van der Waals surface area contributed by atoms with E-state index in [-0.39, 0.29) is 17.4 Å². The van der Waals surface area contributed by atoms with Gasteiger partial charge in [0.2, 0.25) is 0 Å². The molecule has 2 N–H and O–H groups in total. The van der Waals surface area contributed by atoms with Crippen molar-refractivity contribution >= 4 is 11.9 Å². The standard InChI is InChI=1S/C26H38N4O2/c1-29(2)14-15-30-23(31)26(28-24(30)27)22-16-19(7-6-18-4-5-18)8-9-20(22)17-25(26)12-10-21(32-3)11-13-25/h8-9,16,18,21H,4-7,10-15,17H2,1-3H3,(H2,27,28). The van der Waals surface area contributed by atoms with Crippen molar-refractivity contribution in [3.63, 3.8) is 0 Å². The van der Waals surface area contributed by atoms with Crippen LogP contribution in [0.4, 0.5) is 0 Å². The molecule has 174 valence electrons. The molecule has 0 bridgehead atoms. The van der Waals surface area contributed by atoms with Gasteiger partial charge in [-0.3, -0.25) is 9.69 Å². The van der Waals surface area contributed by atoms with Crippen LogP contribution in [-0.4, -0.2) is 62.1 Å². The normalized spacial score (nSPS) is 31.8. The second-order valence-corrected chi connectivity index (χ2v) is 10.8. The van der Waals surface area contributed by atoms with Crippen LogP contribution in [0.5, 0.6) is 0 Å². The number of fused-ring (bicyclic) bond motifs is 3. The fourth-order valence-corrected chi connectivity index (χ4v) is 6.36. The summed E-state index contributed by atoms with van der Waals surface area (Å²) in [5.41, 5.74) is 9.15. The van der Waals surface area contributed by atoms with Gasteiger partial charge in [0.25, 0.3) is 5.91 Å². The average Bonchev–Trinajstić information content (AvgIpc) is 3.52. The van der Waals surface area contributed by atoms with Crippen LogP contribution in [0.1, 0.15) is 61.6 Å². The van der Waals surface area contributed by atoms with Gasteiger partial charge in [0, 0.05) is 25.6 Å². The van der Waals surface area contributed by atoms with Crippen LogP contribution in [-0.2, 0) is 27.9 Å². The number of hydrogen-bond acceptors (Lipinski definition) is 5. The van der Waals surface area contributed by atoms with E-state index in [1.54, 1.807) is 12.0 Å². The summed E-state index contributed by atoms with van der Waals surface area (Å²) in [5.74, 6) is 1.38. The predicted molar refractivity (Wildman–Crippen MR) is 126 cm³/mol. The molecule has 1 amide bonds. The topological polar surface area (TPSA) is 71.2 Å². The lowest BCUT2D eigenvalue weighted by Gasteiger charge is -2.45. The maximum absolute atomic E-state index is 14.2. The lowest BCUT2D eigenvalue weighted by molar-refractivity contribution is -0.138. The number of nitrogens with zero attached hydrogens (tertiary/aromatic N) is 3. The number of nitrogens with two attached hydrogens (primary N) is 1. The van der Waals surface area contributed by atoms with E-state index in [0.29, 0.717) is 12.5 Å². The smallest absolute Gasteiger partial charge is 0.262 e. The number of rotatable bonds is 7. The summed E-state index contributed by atoms with van der Waals surface area (Å²) in [5, 5.41) is 0. The molecule has 0 radical (unpaired) electrons. The number of aliphatic imine (C=N–C) groups is 1. The summed E-state index contributed by atoms with van der Waals surface area (Å²) in [6.45, 7) is 1.35. The van der Waals surface area contributed by atoms with Gasteiger partial charge >= 0.3 is 0 Å². The Hall–Kier alpha value is -1.92. The molecule has 1 aliphatic heterocycles. The third-order valence-electron chi connectivity index (χ3n) is 8.51. The SMILES string of the molecule is COC1CCC2(CC1)Cc1ccc(CCC3CC3)cc1C21N=C(N)N(CCN(C)C)C1=O. The van der Waals surface area contributed by atoms with Crippen molar-refractivity contribution in [2.24, 2.45) is 22.1 Å². The number of benzene rings is 1. The van der Waals surface area contributed by atoms with Gasteiger partial charge in [-0.05, 0) is 81.6 Å². The van der Waals surface area contributed by atoms with E-state index >= 15 is 0 Å². The lowest BCUT2D eigenvalue weighted by Crippen LogP contribution is -2.53. The van der Waals surface area contributed by atoms with Gasteiger partial charge in [-0.1, -0.05) is 31.0 Å². The number of guanidine groups is 1. The summed E-state index contributed by atoms with van der Waals surface area (Å²) in [6.07, 6.45) is 10.1. The second kappa shape index (κ2) is 8.14. The quantitative estimate of drug-likeness (QED) is 0.710. The highest BCUT2D eigenvalue weighted by atomic mass is 16.5. The Morgan fingerprint density at radius 1 is 1.22 bits per heavy atom. The van der Waals surface area contributed by atoms with Gasteiger partial charge in [-0.15, -0.1) is 0 Å². The van der Waals surface area contributed by atoms with Gasteiger partial charge in [0.1, 0.15) is 0 Å². The molecule has 6 nitrogen and oxygen atoms in total. The summed E-state index contributed by atoms with van der Waals surface area (Å²) < 4.78 is 5.67. The highest BCUT2D eigenvalue weighted by molar-refractivity contribution is 6.08. The minimum Gasteiger partial charge on any atom is -0.381 e. The summed E-state index contributed by atoms with van der Waals surface area (Å²) >= 11 is 0. The Balaban J connectivity index is 1.54. The molecule has 6 heteroatoms. The fourth-order valence-electron chi connectivity index (χ4n) is 6.36. The minimum absolute atomic E-state index is 0.0887. The third kappa shape index (κ3) is 3.47. The van der Waals surface area contributed by atoms with Gasteiger partial charge in [0.05, 0.1) is 6.10 Å². The number of ether oxygens (including phenoxy) is 1. The zero-order valence-corrected chi connectivity index (χ0v) is 19.9. The monoisotopic (exact) mass is 438 g/mol. The van der Waals surface area contributed by atoms with Crippen LogP contribution in [0.15, 0.2) is 23.2 Å². The minimum atomic E-state index is -0.868. The van der Waals surface area contributed by atoms with Crippen molar-refractivity contribution in [1.29, 1.82) is 0 Å². The number of hydrogen-bond donors (Lipinski definition) is 1. The molecule has 1 atom stereocenters. The molecule has 1 heterocycles. The molecule has 3 aliphatic carbocycles. The average molecular weight is 439 g/mol. The van der Waals surface area contributed by atoms with Crippen LogP contribution in [0.25, 0.3) is 0 Å². The largest absolute Gasteiger partial charge is 0.381 e. The first-order valence-electron chi connectivity index (χ1n) is 12.4. The summed E-state index contributed by atoms with van der Waals surface area (Å²) in [6, 6.07) is 6.86. The summed E-state index contributed by atoms with van der Waals surface area (Å²) in [4.78, 5) is 23.1. The van der Waals surface area contributed by atoms with Crippen molar-refractivity contribution in [3.05, 3.63) is 34.9 Å². The first-order valence-corrected chi connectivity index (χ1v) is 12.4. The Morgan fingerprint density at radius 3 is 2.62 bits per heavy atom. The Labute approximate surface area is 192 Å². The number of aryl methyl sites for hydroxylation is 1. The molecule has 1 aromatic rings. The number of carbonyl (C=O) groups excluding carboxylic acids is 1. The third-order valence-corrected chi connectivity index (χ3v) is 8.51. The molecular formula is C26H38N4O2. The maximum Gasteiger partial charge on any atom is 0.262 e. The van der Waals surface area contributed by atoms with E-state index in [1.165, 1.54) is 30.4 Å². The summed E-state index contributed by atoms with van der Waals surface area (Å²) in [7, 11) is 5.84. The molecular weight excluding hydrogens is 400 g/mol. The van der Waals surface area contributed by atoms with E-state index in [2.05, 4.69) is 23.1 Å². The highest BCUT2D eigenvalue weighted by Gasteiger charge is 2.66. The highest BCUT2D eigenvalue weighted by Crippen LogP contribution is 2.62. The van der Waals surface area contributed by atoms with Crippen molar-refractivity contribution in [2.75, 3.05) is 34.3 Å². The first-order chi connectivity index (χ1) is 15.4.